The van der Waals surface area contributed by atoms with Gasteiger partial charge in [-0.3, -0.25) is 9.59 Å². The molecule has 1 aromatic rings. The minimum absolute atomic E-state index is 0.00929. The molecule has 1 atom stereocenters. The second-order valence-electron chi connectivity index (χ2n) is 10.9. The first kappa shape index (κ1) is 25.0. The molecule has 7 heteroatoms. The van der Waals surface area contributed by atoms with Crippen LogP contribution >= 0.6 is 0 Å². The number of carbonyl (C=O) groups excluding carboxylic acids is 2. The molecule has 34 heavy (non-hydrogen) atoms. The number of hydrogen-bond donors (Lipinski definition) is 1. The summed E-state index contributed by atoms with van der Waals surface area (Å²) < 4.78 is 19.2. The van der Waals surface area contributed by atoms with Crippen molar-refractivity contribution in [1.82, 2.24) is 10.2 Å². The molecule has 0 bridgehead atoms. The van der Waals surface area contributed by atoms with E-state index in [4.69, 9.17) is 4.74 Å². The van der Waals surface area contributed by atoms with E-state index in [0.717, 1.165) is 37.1 Å². The van der Waals surface area contributed by atoms with Gasteiger partial charge >= 0.3 is 0 Å². The Hall–Kier alpha value is -2.15. The van der Waals surface area contributed by atoms with Crippen LogP contribution in [0.1, 0.15) is 64.4 Å². The van der Waals surface area contributed by atoms with Gasteiger partial charge in [0, 0.05) is 56.2 Å². The van der Waals surface area contributed by atoms with E-state index in [1.807, 2.05) is 11.0 Å². The smallest absolute Gasteiger partial charge is 0.223 e. The van der Waals surface area contributed by atoms with Crippen LogP contribution in [-0.2, 0) is 19.7 Å². The van der Waals surface area contributed by atoms with Gasteiger partial charge in [-0.25, -0.2) is 4.39 Å². The zero-order valence-corrected chi connectivity index (χ0v) is 20.8. The third-order valence-electron chi connectivity index (χ3n) is 7.79. The van der Waals surface area contributed by atoms with Crippen molar-refractivity contribution in [1.29, 1.82) is 0 Å². The first-order valence-electron chi connectivity index (χ1n) is 13.0. The Kier molecular flexibility index (Phi) is 8.12. The van der Waals surface area contributed by atoms with Crippen LogP contribution in [0.4, 0.5) is 10.1 Å². The van der Waals surface area contributed by atoms with E-state index in [1.165, 1.54) is 25.3 Å². The van der Waals surface area contributed by atoms with E-state index in [-0.39, 0.29) is 35.4 Å². The number of benzene rings is 1. The van der Waals surface area contributed by atoms with Gasteiger partial charge in [-0.2, -0.15) is 0 Å². The number of ether oxygens (including phenoxy) is 1. The van der Waals surface area contributed by atoms with E-state index in [1.54, 1.807) is 6.07 Å². The molecule has 2 heterocycles. The molecular formula is C27H40FN3O3. The fraction of sp³-hybridized carbons (Fsp3) is 0.704. The van der Waals surface area contributed by atoms with Crippen molar-refractivity contribution >= 4 is 17.5 Å². The summed E-state index contributed by atoms with van der Waals surface area (Å²) in [5.74, 6) is 0.0944. The number of halogens is 1. The lowest BCUT2D eigenvalue weighted by atomic mass is 9.81. The number of morpholine rings is 1. The number of anilines is 1. The van der Waals surface area contributed by atoms with E-state index < -0.39 is 0 Å². The SMILES string of the molecule is CC1(C)CN(CCNC(=O)[C@@H](CC(=O)N2CCOCC2)CC2CCCCC2)c2ccc(F)cc21. The zero-order chi connectivity index (χ0) is 24.1. The number of nitrogens with zero attached hydrogens (tertiary/aromatic N) is 2. The van der Waals surface area contributed by atoms with Crippen LogP contribution in [0, 0.1) is 17.7 Å². The second-order valence-corrected chi connectivity index (χ2v) is 10.9. The van der Waals surface area contributed by atoms with Crippen LogP contribution < -0.4 is 10.2 Å². The van der Waals surface area contributed by atoms with Crippen molar-refractivity contribution in [2.75, 3.05) is 50.8 Å². The average molecular weight is 474 g/mol. The Morgan fingerprint density at radius 1 is 1.18 bits per heavy atom. The first-order chi connectivity index (χ1) is 16.3. The van der Waals surface area contributed by atoms with Crippen LogP contribution in [0.5, 0.6) is 0 Å². The Labute approximate surface area is 203 Å². The summed E-state index contributed by atoms with van der Waals surface area (Å²) in [6, 6.07) is 4.97. The Morgan fingerprint density at radius 3 is 2.65 bits per heavy atom. The Balaban J connectivity index is 1.35. The first-order valence-corrected chi connectivity index (χ1v) is 13.0. The zero-order valence-electron chi connectivity index (χ0n) is 20.8. The number of nitrogens with one attached hydrogen (secondary N) is 1. The maximum atomic E-state index is 13.8. The molecule has 6 nitrogen and oxygen atoms in total. The van der Waals surface area contributed by atoms with Crippen LogP contribution in [-0.4, -0.2) is 62.7 Å². The molecule has 0 unspecified atom stereocenters. The predicted molar refractivity (Wildman–Crippen MR) is 131 cm³/mol. The predicted octanol–water partition coefficient (Wildman–Crippen LogP) is 3.88. The molecule has 1 saturated carbocycles. The lowest BCUT2D eigenvalue weighted by molar-refractivity contribution is -0.139. The summed E-state index contributed by atoms with van der Waals surface area (Å²) in [6.45, 7) is 8.60. The highest BCUT2D eigenvalue weighted by molar-refractivity contribution is 5.86. The average Bonchev–Trinajstić information content (AvgIpc) is 3.09. The van der Waals surface area contributed by atoms with Crippen molar-refractivity contribution in [3.8, 4) is 0 Å². The molecule has 188 valence electrons. The van der Waals surface area contributed by atoms with Gasteiger partial charge < -0.3 is 19.9 Å². The molecule has 4 rings (SSSR count). The number of rotatable bonds is 8. The fourth-order valence-corrected chi connectivity index (χ4v) is 5.89. The molecule has 2 aliphatic heterocycles. The summed E-state index contributed by atoms with van der Waals surface area (Å²) in [6.07, 6.45) is 7.11. The van der Waals surface area contributed by atoms with Crippen LogP contribution in [0.3, 0.4) is 0 Å². The molecule has 2 amide bonds. The second kappa shape index (κ2) is 11.1. The van der Waals surface area contributed by atoms with E-state index in [2.05, 4.69) is 24.1 Å². The highest BCUT2D eigenvalue weighted by atomic mass is 19.1. The van der Waals surface area contributed by atoms with Gasteiger partial charge in [-0.05, 0) is 36.1 Å². The van der Waals surface area contributed by atoms with Crippen LogP contribution in [0.25, 0.3) is 0 Å². The molecule has 1 saturated heterocycles. The molecule has 1 N–H and O–H groups in total. The largest absolute Gasteiger partial charge is 0.378 e. The van der Waals surface area contributed by atoms with Gasteiger partial charge in [0.25, 0.3) is 0 Å². The van der Waals surface area contributed by atoms with Gasteiger partial charge in [-0.15, -0.1) is 0 Å². The van der Waals surface area contributed by atoms with E-state index in [9.17, 15) is 14.0 Å². The Bertz CT molecular complexity index is 863. The van der Waals surface area contributed by atoms with Gasteiger partial charge in [0.15, 0.2) is 0 Å². The summed E-state index contributed by atoms with van der Waals surface area (Å²) in [7, 11) is 0. The molecule has 0 spiro atoms. The standard InChI is InChI=1S/C27H40FN3O3/c1-27(2)19-31(24-9-8-22(28)18-23(24)27)11-10-29-26(33)21(16-20-6-4-3-5-7-20)17-25(32)30-12-14-34-15-13-30/h8-9,18,20-21H,3-7,10-17,19H2,1-2H3,(H,29,33)/t21-/m1/s1. The van der Waals surface area contributed by atoms with Gasteiger partial charge in [0.2, 0.25) is 11.8 Å². The lowest BCUT2D eigenvalue weighted by Crippen LogP contribution is -2.44. The number of carbonyl (C=O) groups is 2. The van der Waals surface area contributed by atoms with Crippen molar-refractivity contribution < 1.29 is 18.7 Å². The number of fused-ring (bicyclic) bond motifs is 1. The maximum Gasteiger partial charge on any atom is 0.223 e. The topological polar surface area (TPSA) is 61.9 Å². The maximum absolute atomic E-state index is 13.8. The normalized spacial score (nSPS) is 21.3. The molecule has 3 aliphatic rings. The minimum Gasteiger partial charge on any atom is -0.378 e. The molecule has 2 fully saturated rings. The third kappa shape index (κ3) is 6.09. The number of amides is 2. The molecule has 0 radical (unpaired) electrons. The van der Waals surface area contributed by atoms with Crippen molar-refractivity contribution in [2.24, 2.45) is 11.8 Å². The van der Waals surface area contributed by atoms with Crippen molar-refractivity contribution in [2.45, 2.75) is 64.2 Å². The van der Waals surface area contributed by atoms with Gasteiger partial charge in [-0.1, -0.05) is 46.0 Å². The van der Waals surface area contributed by atoms with Crippen LogP contribution in [0.2, 0.25) is 0 Å². The molecule has 1 aromatic carbocycles. The van der Waals surface area contributed by atoms with Crippen LogP contribution in [0.15, 0.2) is 18.2 Å². The summed E-state index contributed by atoms with van der Waals surface area (Å²) >= 11 is 0. The van der Waals surface area contributed by atoms with E-state index in [0.29, 0.717) is 45.3 Å². The van der Waals surface area contributed by atoms with Crippen molar-refractivity contribution in [3.63, 3.8) is 0 Å². The monoisotopic (exact) mass is 473 g/mol. The number of hydrogen-bond acceptors (Lipinski definition) is 4. The third-order valence-corrected chi connectivity index (χ3v) is 7.79. The molecule has 0 aromatic heterocycles. The lowest BCUT2D eigenvalue weighted by Gasteiger charge is -2.30. The fourth-order valence-electron chi connectivity index (χ4n) is 5.89. The quantitative estimate of drug-likeness (QED) is 0.623. The summed E-state index contributed by atoms with van der Waals surface area (Å²) in [5.41, 5.74) is 1.93. The summed E-state index contributed by atoms with van der Waals surface area (Å²) in [4.78, 5) is 30.2. The Morgan fingerprint density at radius 2 is 1.91 bits per heavy atom. The summed E-state index contributed by atoms with van der Waals surface area (Å²) in [5, 5.41) is 3.13. The highest BCUT2D eigenvalue weighted by Gasteiger charge is 2.35. The highest BCUT2D eigenvalue weighted by Crippen LogP contribution is 2.40. The van der Waals surface area contributed by atoms with Crippen molar-refractivity contribution in [3.05, 3.63) is 29.6 Å². The van der Waals surface area contributed by atoms with Gasteiger partial charge in [0.05, 0.1) is 13.2 Å². The molecular weight excluding hydrogens is 433 g/mol. The van der Waals surface area contributed by atoms with Gasteiger partial charge in [0.1, 0.15) is 5.82 Å². The minimum atomic E-state index is -0.283. The molecule has 1 aliphatic carbocycles. The van der Waals surface area contributed by atoms with E-state index >= 15 is 0 Å².